The van der Waals surface area contributed by atoms with Crippen molar-refractivity contribution in [1.29, 1.82) is 0 Å². The van der Waals surface area contributed by atoms with Gasteiger partial charge in [0, 0.05) is 17.1 Å². The fourth-order valence-corrected chi connectivity index (χ4v) is 3.31. The van der Waals surface area contributed by atoms with Gasteiger partial charge in [-0.05, 0) is 26.0 Å². The van der Waals surface area contributed by atoms with Gasteiger partial charge in [0.25, 0.3) is 0 Å². The highest BCUT2D eigenvalue weighted by Gasteiger charge is 2.19. The van der Waals surface area contributed by atoms with Crippen LogP contribution in [0.3, 0.4) is 0 Å². The molecule has 3 N–H and O–H groups in total. The molecule has 0 radical (unpaired) electrons. The SMILES string of the molecule is Cc1n[nH]c(C)c1Sc1ccccc1NC(=O)[C@@H]1C=CCN1. The minimum absolute atomic E-state index is 0.0394. The molecule has 6 heteroatoms. The van der Waals surface area contributed by atoms with Gasteiger partial charge in [-0.3, -0.25) is 15.2 Å². The number of carbonyl (C=O) groups excluding carboxylic acids is 1. The number of anilines is 1. The summed E-state index contributed by atoms with van der Waals surface area (Å²) in [7, 11) is 0. The molecule has 3 rings (SSSR count). The zero-order valence-electron chi connectivity index (χ0n) is 12.5. The number of hydrogen-bond donors (Lipinski definition) is 3. The van der Waals surface area contributed by atoms with E-state index in [0.29, 0.717) is 0 Å². The predicted molar refractivity (Wildman–Crippen MR) is 88.2 cm³/mol. The van der Waals surface area contributed by atoms with Crippen LogP contribution in [0.5, 0.6) is 0 Å². The fourth-order valence-electron chi connectivity index (χ4n) is 2.32. The van der Waals surface area contributed by atoms with Gasteiger partial charge in [0.1, 0.15) is 6.04 Å². The average molecular weight is 314 g/mol. The van der Waals surface area contributed by atoms with Crippen LogP contribution in [-0.4, -0.2) is 28.7 Å². The molecule has 1 atom stereocenters. The highest BCUT2D eigenvalue weighted by molar-refractivity contribution is 7.99. The third-order valence-corrected chi connectivity index (χ3v) is 4.87. The normalized spacial score (nSPS) is 16.9. The zero-order valence-corrected chi connectivity index (χ0v) is 13.3. The summed E-state index contributed by atoms with van der Waals surface area (Å²) >= 11 is 1.61. The standard InChI is InChI=1S/C16H18N4OS/c1-10-15(11(2)20-19-10)22-14-8-4-3-6-12(14)18-16(21)13-7-5-9-17-13/h3-8,13,17H,9H2,1-2H3,(H,18,21)(H,19,20)/t13-/m0/s1. The number of nitrogens with zero attached hydrogens (tertiary/aromatic N) is 1. The van der Waals surface area contributed by atoms with Crippen molar-refractivity contribution < 1.29 is 4.79 Å². The van der Waals surface area contributed by atoms with Crippen molar-refractivity contribution in [3.63, 3.8) is 0 Å². The van der Waals surface area contributed by atoms with Gasteiger partial charge in [0.15, 0.2) is 0 Å². The summed E-state index contributed by atoms with van der Waals surface area (Å²) in [5.41, 5.74) is 2.81. The Kier molecular flexibility index (Phi) is 4.31. The number of para-hydroxylation sites is 1. The van der Waals surface area contributed by atoms with Crippen molar-refractivity contribution in [3.05, 3.63) is 47.8 Å². The summed E-state index contributed by atoms with van der Waals surface area (Å²) in [6.45, 7) is 4.71. The molecule has 1 aliphatic heterocycles. The summed E-state index contributed by atoms with van der Waals surface area (Å²) in [6.07, 6.45) is 3.85. The molecule has 0 unspecified atom stereocenters. The fraction of sp³-hybridized carbons (Fsp3) is 0.250. The van der Waals surface area contributed by atoms with Crippen LogP contribution in [0.2, 0.25) is 0 Å². The van der Waals surface area contributed by atoms with E-state index in [2.05, 4.69) is 20.8 Å². The van der Waals surface area contributed by atoms with Crippen molar-refractivity contribution in [2.75, 3.05) is 11.9 Å². The lowest BCUT2D eigenvalue weighted by Crippen LogP contribution is -2.35. The van der Waals surface area contributed by atoms with Gasteiger partial charge in [-0.15, -0.1) is 0 Å². The average Bonchev–Trinajstić information content (AvgIpc) is 3.14. The van der Waals surface area contributed by atoms with Crippen LogP contribution in [0.25, 0.3) is 0 Å². The highest BCUT2D eigenvalue weighted by atomic mass is 32.2. The van der Waals surface area contributed by atoms with Crippen molar-refractivity contribution in [3.8, 4) is 0 Å². The van der Waals surface area contributed by atoms with Crippen molar-refractivity contribution in [1.82, 2.24) is 15.5 Å². The van der Waals surface area contributed by atoms with Crippen molar-refractivity contribution in [2.45, 2.75) is 29.7 Å². The van der Waals surface area contributed by atoms with Crippen LogP contribution >= 0.6 is 11.8 Å². The minimum Gasteiger partial charge on any atom is -0.323 e. The molecule has 1 aromatic carbocycles. The van der Waals surface area contributed by atoms with Crippen LogP contribution in [0.4, 0.5) is 5.69 Å². The van der Waals surface area contributed by atoms with E-state index >= 15 is 0 Å². The third kappa shape index (κ3) is 3.08. The maximum absolute atomic E-state index is 12.3. The monoisotopic (exact) mass is 314 g/mol. The van der Waals surface area contributed by atoms with Gasteiger partial charge in [-0.25, -0.2) is 0 Å². The maximum Gasteiger partial charge on any atom is 0.245 e. The van der Waals surface area contributed by atoms with Gasteiger partial charge in [0.2, 0.25) is 5.91 Å². The third-order valence-electron chi connectivity index (χ3n) is 3.48. The molecule has 1 aliphatic rings. The molecule has 0 saturated heterocycles. The highest BCUT2D eigenvalue weighted by Crippen LogP contribution is 2.36. The molecule has 0 spiro atoms. The number of carbonyl (C=O) groups is 1. The van der Waals surface area contributed by atoms with Crippen LogP contribution in [-0.2, 0) is 4.79 Å². The Balaban J connectivity index is 1.81. The number of aryl methyl sites for hydroxylation is 2. The van der Waals surface area contributed by atoms with E-state index in [4.69, 9.17) is 0 Å². The van der Waals surface area contributed by atoms with E-state index in [1.807, 2.05) is 50.3 Å². The van der Waals surface area contributed by atoms with Crippen LogP contribution in [0, 0.1) is 13.8 Å². The molecule has 0 fully saturated rings. The van der Waals surface area contributed by atoms with Gasteiger partial charge in [0.05, 0.1) is 16.3 Å². The van der Waals surface area contributed by atoms with E-state index in [1.54, 1.807) is 11.8 Å². The molecule has 1 amide bonds. The van der Waals surface area contributed by atoms with E-state index in [-0.39, 0.29) is 11.9 Å². The van der Waals surface area contributed by atoms with Crippen molar-refractivity contribution in [2.24, 2.45) is 0 Å². The number of benzene rings is 1. The van der Waals surface area contributed by atoms with Gasteiger partial charge < -0.3 is 5.32 Å². The van der Waals surface area contributed by atoms with E-state index in [0.717, 1.165) is 33.4 Å². The Hall–Kier alpha value is -2.05. The minimum atomic E-state index is -0.254. The molecule has 5 nitrogen and oxygen atoms in total. The van der Waals surface area contributed by atoms with E-state index < -0.39 is 0 Å². The zero-order chi connectivity index (χ0) is 15.5. The summed E-state index contributed by atoms with van der Waals surface area (Å²) in [5, 5.41) is 13.3. The van der Waals surface area contributed by atoms with E-state index in [9.17, 15) is 4.79 Å². The van der Waals surface area contributed by atoms with Crippen LogP contribution < -0.4 is 10.6 Å². The first-order valence-corrected chi connectivity index (χ1v) is 7.96. The molecule has 0 aliphatic carbocycles. The predicted octanol–water partition coefficient (Wildman–Crippen LogP) is 2.64. The molecule has 0 saturated carbocycles. The summed E-state index contributed by atoms with van der Waals surface area (Å²) in [5.74, 6) is -0.0394. The maximum atomic E-state index is 12.3. The van der Waals surface area contributed by atoms with Gasteiger partial charge >= 0.3 is 0 Å². The smallest absolute Gasteiger partial charge is 0.245 e. The first-order chi connectivity index (χ1) is 10.6. The molecule has 2 aromatic rings. The topological polar surface area (TPSA) is 69.8 Å². The van der Waals surface area contributed by atoms with E-state index in [1.165, 1.54) is 0 Å². The molecular weight excluding hydrogens is 296 g/mol. The number of H-pyrrole nitrogens is 1. The lowest BCUT2D eigenvalue weighted by molar-refractivity contribution is -0.116. The Morgan fingerprint density at radius 1 is 1.36 bits per heavy atom. The molecule has 0 bridgehead atoms. The second kappa shape index (κ2) is 6.37. The number of aromatic nitrogens is 2. The number of aromatic amines is 1. The Bertz CT molecular complexity index is 703. The Labute approximate surface area is 133 Å². The Morgan fingerprint density at radius 3 is 2.86 bits per heavy atom. The Morgan fingerprint density at radius 2 is 2.18 bits per heavy atom. The summed E-state index contributed by atoms with van der Waals surface area (Å²) in [6, 6.07) is 7.56. The largest absolute Gasteiger partial charge is 0.323 e. The number of amides is 1. The van der Waals surface area contributed by atoms with Gasteiger partial charge in [-0.1, -0.05) is 36.0 Å². The quantitative estimate of drug-likeness (QED) is 0.759. The second-order valence-corrected chi connectivity index (χ2v) is 6.22. The van der Waals surface area contributed by atoms with Crippen LogP contribution in [0.1, 0.15) is 11.4 Å². The summed E-state index contributed by atoms with van der Waals surface area (Å²) in [4.78, 5) is 14.4. The lowest BCUT2D eigenvalue weighted by atomic mass is 10.2. The number of hydrogen-bond acceptors (Lipinski definition) is 4. The first kappa shape index (κ1) is 14.9. The van der Waals surface area contributed by atoms with Crippen LogP contribution in [0.15, 0.2) is 46.2 Å². The molecule has 2 heterocycles. The van der Waals surface area contributed by atoms with Crippen molar-refractivity contribution >= 4 is 23.4 Å². The number of rotatable bonds is 4. The molecule has 1 aromatic heterocycles. The molecule has 22 heavy (non-hydrogen) atoms. The molecule has 114 valence electrons. The summed E-state index contributed by atoms with van der Waals surface area (Å²) < 4.78 is 0. The number of nitrogens with one attached hydrogen (secondary N) is 3. The van der Waals surface area contributed by atoms with Gasteiger partial charge in [-0.2, -0.15) is 5.10 Å². The second-order valence-electron chi connectivity index (χ2n) is 5.16. The first-order valence-electron chi connectivity index (χ1n) is 7.14. The lowest BCUT2D eigenvalue weighted by Gasteiger charge is -2.13. The molecular formula is C16H18N4OS.